The zero-order chi connectivity index (χ0) is 15.7. The summed E-state index contributed by atoms with van der Waals surface area (Å²) in [7, 11) is 0. The molecular formula is C13H18BrClF3NO2. The fraction of sp³-hybridized carbons (Fsp3) is 0.538. The molecule has 0 saturated carbocycles. The van der Waals surface area contributed by atoms with Crippen LogP contribution in [0.1, 0.15) is 32.4 Å². The Balaban J connectivity index is 0.00000400. The molecule has 0 aliphatic carbocycles. The number of aliphatic hydroxyl groups excluding tert-OH is 1. The second-order valence-corrected chi connectivity index (χ2v) is 6.48. The summed E-state index contributed by atoms with van der Waals surface area (Å²) in [5.41, 5.74) is 5.42. The number of nitrogens with two attached hydrogens (primary N) is 1. The molecule has 0 aliphatic heterocycles. The summed E-state index contributed by atoms with van der Waals surface area (Å²) >= 11 is 3.17. The van der Waals surface area contributed by atoms with E-state index in [1.54, 1.807) is 20.8 Å². The Hall–Kier alpha value is -0.500. The summed E-state index contributed by atoms with van der Waals surface area (Å²) in [5.74, 6) is -0.406. The molecule has 0 heterocycles. The van der Waals surface area contributed by atoms with Crippen LogP contribution in [-0.2, 0) is 0 Å². The van der Waals surface area contributed by atoms with E-state index in [4.69, 9.17) is 5.73 Å². The molecule has 0 spiro atoms. The maximum absolute atomic E-state index is 12.4. The third-order valence-electron chi connectivity index (χ3n) is 2.78. The van der Waals surface area contributed by atoms with Crippen molar-refractivity contribution in [2.45, 2.75) is 39.3 Å². The lowest BCUT2D eigenvalue weighted by atomic mass is 9.82. The van der Waals surface area contributed by atoms with Crippen molar-refractivity contribution >= 4 is 28.3 Å². The van der Waals surface area contributed by atoms with E-state index in [1.165, 1.54) is 18.2 Å². The van der Waals surface area contributed by atoms with E-state index in [2.05, 4.69) is 20.7 Å². The zero-order valence-corrected chi connectivity index (χ0v) is 14.1. The standard InChI is InChI=1S/C13H17BrF3NO2.ClH/c1-12(2,3)11(19)10(18)8-6-7(14)4-5-9(8)20-13(15,16)17;/h4-6,10-11,19H,18H2,1-3H3;1H/t10-,11-;/m1./s1. The van der Waals surface area contributed by atoms with Crippen molar-refractivity contribution in [3.63, 3.8) is 0 Å². The number of halogens is 5. The number of rotatable bonds is 3. The van der Waals surface area contributed by atoms with Gasteiger partial charge in [0.1, 0.15) is 5.75 Å². The van der Waals surface area contributed by atoms with Crippen LogP contribution in [0.25, 0.3) is 0 Å². The van der Waals surface area contributed by atoms with Crippen LogP contribution in [-0.4, -0.2) is 17.6 Å². The van der Waals surface area contributed by atoms with Crippen molar-refractivity contribution in [1.82, 2.24) is 0 Å². The van der Waals surface area contributed by atoms with E-state index in [0.29, 0.717) is 4.47 Å². The van der Waals surface area contributed by atoms with Gasteiger partial charge in [0.2, 0.25) is 0 Å². The van der Waals surface area contributed by atoms with Gasteiger partial charge in [-0.15, -0.1) is 25.6 Å². The first-order valence-electron chi connectivity index (χ1n) is 5.90. The van der Waals surface area contributed by atoms with Gasteiger partial charge in [0.15, 0.2) is 0 Å². The normalized spacial score (nSPS) is 15.1. The minimum absolute atomic E-state index is 0. The highest BCUT2D eigenvalue weighted by atomic mass is 79.9. The quantitative estimate of drug-likeness (QED) is 0.811. The first kappa shape index (κ1) is 20.5. The van der Waals surface area contributed by atoms with Crippen LogP contribution < -0.4 is 10.5 Å². The SMILES string of the molecule is CC(C)(C)[C@H](O)[C@H](N)c1cc(Br)ccc1OC(F)(F)F.Cl. The fourth-order valence-corrected chi connectivity index (χ4v) is 2.08. The number of aliphatic hydroxyl groups is 1. The van der Waals surface area contributed by atoms with E-state index in [0.717, 1.165) is 0 Å². The van der Waals surface area contributed by atoms with Crippen LogP contribution in [0.4, 0.5) is 13.2 Å². The molecule has 0 amide bonds. The second-order valence-electron chi connectivity index (χ2n) is 5.57. The third kappa shape index (κ3) is 6.02. The van der Waals surface area contributed by atoms with Crippen LogP contribution in [0, 0.1) is 5.41 Å². The lowest BCUT2D eigenvalue weighted by Crippen LogP contribution is -2.37. The Morgan fingerprint density at radius 1 is 1.24 bits per heavy atom. The smallest absolute Gasteiger partial charge is 0.405 e. The lowest BCUT2D eigenvalue weighted by molar-refractivity contribution is -0.275. The second kappa shape index (κ2) is 7.17. The number of hydrogen-bond donors (Lipinski definition) is 2. The number of ether oxygens (including phenoxy) is 1. The Morgan fingerprint density at radius 2 is 1.76 bits per heavy atom. The summed E-state index contributed by atoms with van der Waals surface area (Å²) in [4.78, 5) is 0. The molecule has 2 atom stereocenters. The Kier molecular flexibility index (Phi) is 7.00. The first-order chi connectivity index (χ1) is 8.92. The van der Waals surface area contributed by atoms with Crippen LogP contribution in [0.15, 0.2) is 22.7 Å². The minimum Gasteiger partial charge on any atom is -0.405 e. The Bertz CT molecular complexity index is 477. The molecule has 1 aromatic rings. The van der Waals surface area contributed by atoms with Crippen molar-refractivity contribution in [2.24, 2.45) is 11.1 Å². The van der Waals surface area contributed by atoms with Gasteiger partial charge < -0.3 is 15.6 Å². The van der Waals surface area contributed by atoms with E-state index in [-0.39, 0.29) is 18.0 Å². The van der Waals surface area contributed by atoms with Crippen molar-refractivity contribution in [3.05, 3.63) is 28.2 Å². The molecule has 122 valence electrons. The summed E-state index contributed by atoms with van der Waals surface area (Å²) in [6.07, 6.45) is -5.83. The molecule has 0 aromatic heterocycles. The topological polar surface area (TPSA) is 55.5 Å². The molecule has 0 saturated heterocycles. The highest BCUT2D eigenvalue weighted by Gasteiger charge is 2.35. The maximum Gasteiger partial charge on any atom is 0.573 e. The molecular weight excluding hydrogens is 374 g/mol. The van der Waals surface area contributed by atoms with Gasteiger partial charge in [-0.25, -0.2) is 0 Å². The van der Waals surface area contributed by atoms with Crippen LogP contribution in [0.5, 0.6) is 5.75 Å². The maximum atomic E-state index is 12.4. The molecule has 0 unspecified atom stereocenters. The Morgan fingerprint density at radius 3 is 2.19 bits per heavy atom. The van der Waals surface area contributed by atoms with E-state index >= 15 is 0 Å². The molecule has 0 bridgehead atoms. The highest BCUT2D eigenvalue weighted by molar-refractivity contribution is 9.10. The first-order valence-corrected chi connectivity index (χ1v) is 6.70. The van der Waals surface area contributed by atoms with Crippen LogP contribution in [0.3, 0.4) is 0 Å². The highest BCUT2D eigenvalue weighted by Crippen LogP contribution is 2.36. The number of alkyl halides is 3. The van der Waals surface area contributed by atoms with Gasteiger partial charge >= 0.3 is 6.36 Å². The largest absolute Gasteiger partial charge is 0.573 e. The van der Waals surface area contributed by atoms with Gasteiger partial charge in [0, 0.05) is 10.0 Å². The van der Waals surface area contributed by atoms with Gasteiger partial charge in [-0.1, -0.05) is 36.7 Å². The third-order valence-corrected chi connectivity index (χ3v) is 3.28. The van der Waals surface area contributed by atoms with Gasteiger partial charge in [-0.05, 0) is 23.6 Å². The average Bonchev–Trinajstić information content (AvgIpc) is 2.26. The van der Waals surface area contributed by atoms with Gasteiger partial charge in [-0.2, -0.15) is 0 Å². The summed E-state index contributed by atoms with van der Waals surface area (Å²) in [6, 6.07) is 3.01. The van der Waals surface area contributed by atoms with Crippen LogP contribution in [0.2, 0.25) is 0 Å². The van der Waals surface area contributed by atoms with Gasteiger partial charge in [0.05, 0.1) is 12.1 Å². The van der Waals surface area contributed by atoms with Crippen molar-refractivity contribution in [3.8, 4) is 5.75 Å². The molecule has 3 N–H and O–H groups in total. The van der Waals surface area contributed by atoms with Crippen molar-refractivity contribution in [2.75, 3.05) is 0 Å². The predicted octanol–water partition coefficient (Wildman–Crippen LogP) is 4.18. The lowest BCUT2D eigenvalue weighted by Gasteiger charge is -2.31. The van der Waals surface area contributed by atoms with Gasteiger partial charge in [-0.3, -0.25) is 0 Å². The molecule has 0 radical (unpaired) electrons. The zero-order valence-electron chi connectivity index (χ0n) is 11.7. The molecule has 1 rings (SSSR count). The van der Waals surface area contributed by atoms with Crippen molar-refractivity contribution in [1.29, 1.82) is 0 Å². The molecule has 3 nitrogen and oxygen atoms in total. The summed E-state index contributed by atoms with van der Waals surface area (Å²) in [6.45, 7) is 5.25. The average molecular weight is 393 g/mol. The summed E-state index contributed by atoms with van der Waals surface area (Å²) < 4.78 is 41.7. The molecule has 0 fully saturated rings. The fourth-order valence-electron chi connectivity index (χ4n) is 1.71. The minimum atomic E-state index is -4.81. The van der Waals surface area contributed by atoms with E-state index in [1.807, 2.05) is 0 Å². The predicted molar refractivity (Wildman–Crippen MR) is 80.5 cm³/mol. The molecule has 1 aromatic carbocycles. The van der Waals surface area contributed by atoms with Crippen LogP contribution >= 0.6 is 28.3 Å². The van der Waals surface area contributed by atoms with E-state index < -0.39 is 29.7 Å². The number of benzene rings is 1. The Labute approximate surface area is 136 Å². The number of hydrogen-bond acceptors (Lipinski definition) is 3. The molecule has 0 aliphatic rings. The van der Waals surface area contributed by atoms with Crippen molar-refractivity contribution < 1.29 is 23.0 Å². The summed E-state index contributed by atoms with van der Waals surface area (Å²) in [5, 5.41) is 10.1. The van der Waals surface area contributed by atoms with Gasteiger partial charge in [0.25, 0.3) is 0 Å². The molecule has 21 heavy (non-hydrogen) atoms. The monoisotopic (exact) mass is 391 g/mol. The molecule has 8 heteroatoms. The van der Waals surface area contributed by atoms with E-state index in [9.17, 15) is 18.3 Å².